The van der Waals surface area contributed by atoms with Gasteiger partial charge in [0.25, 0.3) is 0 Å². The molecule has 1 rings (SSSR count). The second-order valence-corrected chi connectivity index (χ2v) is 10.1. The third-order valence-electron chi connectivity index (χ3n) is 6.18. The van der Waals surface area contributed by atoms with Crippen LogP contribution in [0.2, 0.25) is 0 Å². The van der Waals surface area contributed by atoms with Crippen LogP contribution >= 0.6 is 0 Å². The zero-order valence-electron chi connectivity index (χ0n) is 20.3. The molecular weight excluding hydrogens is 376 g/mol. The van der Waals surface area contributed by atoms with Crippen molar-refractivity contribution in [2.75, 3.05) is 13.2 Å². The van der Waals surface area contributed by atoms with E-state index >= 15 is 0 Å². The summed E-state index contributed by atoms with van der Waals surface area (Å²) in [4.78, 5) is 24.8. The molecule has 1 saturated carbocycles. The molecule has 1 aliphatic carbocycles. The van der Waals surface area contributed by atoms with Crippen molar-refractivity contribution >= 4 is 11.9 Å². The lowest BCUT2D eigenvalue weighted by Crippen LogP contribution is -2.30. The van der Waals surface area contributed by atoms with Gasteiger partial charge >= 0.3 is 11.9 Å². The Kier molecular flexibility index (Phi) is 14.9. The molecule has 0 aliphatic heterocycles. The van der Waals surface area contributed by atoms with Gasteiger partial charge in [-0.1, -0.05) is 85.5 Å². The van der Waals surface area contributed by atoms with Crippen molar-refractivity contribution in [1.82, 2.24) is 0 Å². The topological polar surface area (TPSA) is 52.6 Å². The van der Waals surface area contributed by atoms with E-state index in [1.165, 1.54) is 38.5 Å². The Morgan fingerprint density at radius 1 is 0.667 bits per heavy atom. The monoisotopic (exact) mass is 424 g/mol. The second-order valence-electron chi connectivity index (χ2n) is 10.1. The minimum Gasteiger partial charge on any atom is -0.465 e. The molecule has 0 radical (unpaired) electrons. The molecular formula is C26H48O4. The maximum atomic E-state index is 12.4. The van der Waals surface area contributed by atoms with Gasteiger partial charge in [0.15, 0.2) is 0 Å². The first kappa shape index (κ1) is 27.0. The van der Waals surface area contributed by atoms with Crippen molar-refractivity contribution < 1.29 is 19.1 Å². The fraction of sp³-hybridized carbons (Fsp3) is 0.923. The van der Waals surface area contributed by atoms with Crippen molar-refractivity contribution in [3.63, 3.8) is 0 Å². The zero-order valence-corrected chi connectivity index (χ0v) is 20.3. The van der Waals surface area contributed by atoms with Crippen LogP contribution in [0.3, 0.4) is 0 Å². The molecule has 0 spiro atoms. The molecule has 0 heterocycles. The minimum absolute atomic E-state index is 0.111. The Hall–Kier alpha value is -1.06. The normalized spacial score (nSPS) is 19.3. The molecule has 176 valence electrons. The predicted octanol–water partition coefficient (Wildman–Crippen LogP) is 7.09. The van der Waals surface area contributed by atoms with E-state index in [1.54, 1.807) is 0 Å². The summed E-state index contributed by atoms with van der Waals surface area (Å²) in [5, 5.41) is 0. The summed E-state index contributed by atoms with van der Waals surface area (Å²) in [5.41, 5.74) is 0. The molecule has 2 atom stereocenters. The number of unbranched alkanes of at least 4 members (excludes halogenated alkanes) is 6. The van der Waals surface area contributed by atoms with Gasteiger partial charge in [-0.05, 0) is 43.9 Å². The molecule has 0 aromatic heterocycles. The Morgan fingerprint density at radius 3 is 1.47 bits per heavy atom. The number of esters is 2. The Balaban J connectivity index is 2.12. The van der Waals surface area contributed by atoms with E-state index in [2.05, 4.69) is 27.7 Å². The molecule has 2 unspecified atom stereocenters. The number of hydrogen-bond donors (Lipinski definition) is 0. The van der Waals surface area contributed by atoms with Crippen LogP contribution in [0.1, 0.15) is 118 Å². The fourth-order valence-corrected chi connectivity index (χ4v) is 4.22. The summed E-state index contributed by atoms with van der Waals surface area (Å²) in [6, 6.07) is 0. The number of carbonyl (C=O) groups is 2. The standard InChI is InChI=1S/C26H48O4/c1-21(2)14-9-5-7-11-18-29-25(27)23-16-13-17-24(20-23)26(28)30-19-12-8-6-10-15-22(3)4/h21-24H,5-20H2,1-4H3. The van der Waals surface area contributed by atoms with Crippen LogP contribution in [0, 0.1) is 23.7 Å². The Bertz CT molecular complexity index is 418. The van der Waals surface area contributed by atoms with Crippen molar-refractivity contribution in [2.45, 2.75) is 118 Å². The highest BCUT2D eigenvalue weighted by molar-refractivity contribution is 5.76. The van der Waals surface area contributed by atoms with Gasteiger partial charge in [-0.25, -0.2) is 0 Å². The first-order valence-electron chi connectivity index (χ1n) is 12.7. The summed E-state index contributed by atoms with van der Waals surface area (Å²) >= 11 is 0. The molecule has 0 aromatic carbocycles. The van der Waals surface area contributed by atoms with Crippen molar-refractivity contribution in [1.29, 1.82) is 0 Å². The van der Waals surface area contributed by atoms with E-state index in [0.29, 0.717) is 19.6 Å². The predicted molar refractivity (Wildman–Crippen MR) is 123 cm³/mol. The molecule has 0 bridgehead atoms. The molecule has 4 heteroatoms. The van der Waals surface area contributed by atoms with E-state index in [4.69, 9.17) is 9.47 Å². The lowest BCUT2D eigenvalue weighted by molar-refractivity contribution is -0.155. The van der Waals surface area contributed by atoms with Crippen molar-refractivity contribution in [3.8, 4) is 0 Å². The van der Waals surface area contributed by atoms with Gasteiger partial charge in [0, 0.05) is 0 Å². The van der Waals surface area contributed by atoms with Gasteiger partial charge in [-0.2, -0.15) is 0 Å². The van der Waals surface area contributed by atoms with E-state index < -0.39 is 0 Å². The smallest absolute Gasteiger partial charge is 0.308 e. The lowest BCUT2D eigenvalue weighted by atomic mass is 9.81. The molecule has 1 aliphatic rings. The maximum Gasteiger partial charge on any atom is 0.308 e. The summed E-state index contributed by atoms with van der Waals surface area (Å²) in [6.45, 7) is 10.0. The minimum atomic E-state index is -0.131. The van der Waals surface area contributed by atoms with Crippen LogP contribution in [0.4, 0.5) is 0 Å². The van der Waals surface area contributed by atoms with E-state index in [-0.39, 0.29) is 23.8 Å². The van der Waals surface area contributed by atoms with Crippen LogP contribution in [0.15, 0.2) is 0 Å². The molecule has 0 N–H and O–H groups in total. The average Bonchev–Trinajstić information content (AvgIpc) is 2.71. The van der Waals surface area contributed by atoms with Crippen LogP contribution < -0.4 is 0 Å². The Morgan fingerprint density at radius 2 is 1.07 bits per heavy atom. The third-order valence-corrected chi connectivity index (χ3v) is 6.18. The summed E-state index contributed by atoms with van der Waals surface area (Å²) < 4.78 is 11.0. The van der Waals surface area contributed by atoms with Gasteiger partial charge in [0.2, 0.25) is 0 Å². The first-order valence-corrected chi connectivity index (χ1v) is 12.7. The van der Waals surface area contributed by atoms with Crippen LogP contribution in [-0.2, 0) is 19.1 Å². The fourth-order valence-electron chi connectivity index (χ4n) is 4.22. The number of carbonyl (C=O) groups excluding carboxylic acids is 2. The SMILES string of the molecule is CC(C)CCCCCCOC(=O)C1CCCC(C(=O)OCCCCCCC(C)C)C1. The number of ether oxygens (including phenoxy) is 2. The Labute approximate surface area is 185 Å². The highest BCUT2D eigenvalue weighted by atomic mass is 16.5. The maximum absolute atomic E-state index is 12.4. The van der Waals surface area contributed by atoms with Crippen molar-refractivity contribution in [2.24, 2.45) is 23.7 Å². The first-order chi connectivity index (χ1) is 14.4. The molecule has 0 aromatic rings. The van der Waals surface area contributed by atoms with Gasteiger partial charge in [-0.3, -0.25) is 9.59 Å². The van der Waals surface area contributed by atoms with Gasteiger partial charge < -0.3 is 9.47 Å². The molecule has 4 nitrogen and oxygen atoms in total. The highest BCUT2D eigenvalue weighted by Crippen LogP contribution is 2.31. The summed E-state index contributed by atoms with van der Waals surface area (Å²) in [7, 11) is 0. The van der Waals surface area contributed by atoms with Crippen molar-refractivity contribution in [3.05, 3.63) is 0 Å². The lowest BCUT2D eigenvalue weighted by Gasteiger charge is -2.26. The van der Waals surface area contributed by atoms with Crippen LogP contribution in [0.5, 0.6) is 0 Å². The summed E-state index contributed by atoms with van der Waals surface area (Å²) in [5.74, 6) is 1.05. The van der Waals surface area contributed by atoms with Crippen LogP contribution in [-0.4, -0.2) is 25.2 Å². The number of hydrogen-bond acceptors (Lipinski definition) is 4. The molecule has 0 amide bonds. The average molecular weight is 425 g/mol. The highest BCUT2D eigenvalue weighted by Gasteiger charge is 2.32. The molecule has 0 saturated heterocycles. The van der Waals surface area contributed by atoms with Crippen LogP contribution in [0.25, 0.3) is 0 Å². The van der Waals surface area contributed by atoms with E-state index in [0.717, 1.165) is 56.8 Å². The van der Waals surface area contributed by atoms with Gasteiger partial charge in [-0.15, -0.1) is 0 Å². The van der Waals surface area contributed by atoms with E-state index in [1.807, 2.05) is 0 Å². The summed E-state index contributed by atoms with van der Waals surface area (Å²) in [6.07, 6.45) is 14.8. The largest absolute Gasteiger partial charge is 0.465 e. The molecule has 1 fully saturated rings. The van der Waals surface area contributed by atoms with E-state index in [9.17, 15) is 9.59 Å². The number of rotatable bonds is 16. The zero-order chi connectivity index (χ0) is 22.2. The molecule has 30 heavy (non-hydrogen) atoms. The third kappa shape index (κ3) is 13.3. The van der Waals surface area contributed by atoms with Gasteiger partial charge in [0.1, 0.15) is 0 Å². The van der Waals surface area contributed by atoms with Gasteiger partial charge in [0.05, 0.1) is 25.0 Å². The quantitative estimate of drug-likeness (QED) is 0.196. The second kappa shape index (κ2) is 16.6.